The Morgan fingerprint density at radius 3 is 2.08 bits per heavy atom. The van der Waals surface area contributed by atoms with Crippen molar-refractivity contribution in [2.45, 2.75) is 26.2 Å². The van der Waals surface area contributed by atoms with Crippen molar-refractivity contribution >= 4 is 0 Å². The highest BCUT2D eigenvalue weighted by Crippen LogP contribution is 2.33. The van der Waals surface area contributed by atoms with E-state index < -0.39 is 0 Å². The second-order valence-corrected chi connectivity index (χ2v) is 6.68. The zero-order chi connectivity index (χ0) is 17.4. The first kappa shape index (κ1) is 15.9. The summed E-state index contributed by atoms with van der Waals surface area (Å²) in [4.78, 5) is 9.51. The van der Waals surface area contributed by atoms with Crippen molar-refractivity contribution in [2.75, 3.05) is 0 Å². The van der Waals surface area contributed by atoms with Crippen LogP contribution in [0.5, 0.6) is 0 Å². The van der Waals surface area contributed by atoms with E-state index in [0.717, 1.165) is 47.3 Å². The SMILES string of the molecule is CC1CCc2c(nc(-c3ccc(F)cc3)nc2-c2ccc(F)cc2)C1. The molecule has 0 aliphatic heterocycles. The van der Waals surface area contributed by atoms with Crippen molar-refractivity contribution in [2.24, 2.45) is 5.92 Å². The summed E-state index contributed by atoms with van der Waals surface area (Å²) in [6.07, 6.45) is 2.92. The highest BCUT2D eigenvalue weighted by Gasteiger charge is 2.22. The molecular weight excluding hydrogens is 318 g/mol. The van der Waals surface area contributed by atoms with Gasteiger partial charge in [-0.15, -0.1) is 0 Å². The molecule has 3 aromatic rings. The molecule has 0 bridgehead atoms. The normalized spacial score (nSPS) is 16.5. The average Bonchev–Trinajstić information content (AvgIpc) is 2.62. The minimum Gasteiger partial charge on any atom is -0.233 e. The molecule has 0 saturated heterocycles. The van der Waals surface area contributed by atoms with Gasteiger partial charge >= 0.3 is 0 Å². The summed E-state index contributed by atoms with van der Waals surface area (Å²) < 4.78 is 26.5. The Bertz CT molecular complexity index is 902. The molecule has 2 aromatic carbocycles. The van der Waals surface area contributed by atoms with E-state index in [1.165, 1.54) is 24.3 Å². The molecule has 1 aliphatic rings. The van der Waals surface area contributed by atoms with E-state index >= 15 is 0 Å². The van der Waals surface area contributed by atoms with Gasteiger partial charge in [0.2, 0.25) is 0 Å². The molecule has 0 saturated carbocycles. The monoisotopic (exact) mass is 336 g/mol. The Morgan fingerprint density at radius 2 is 1.44 bits per heavy atom. The predicted molar refractivity (Wildman–Crippen MR) is 94.0 cm³/mol. The van der Waals surface area contributed by atoms with Crippen LogP contribution in [0, 0.1) is 17.6 Å². The Hall–Kier alpha value is -2.62. The minimum absolute atomic E-state index is 0.265. The van der Waals surface area contributed by atoms with Gasteiger partial charge in [-0.1, -0.05) is 6.92 Å². The first-order chi connectivity index (χ1) is 12.1. The molecule has 1 unspecified atom stereocenters. The number of rotatable bonds is 2. The van der Waals surface area contributed by atoms with Gasteiger partial charge in [-0.2, -0.15) is 0 Å². The first-order valence-electron chi connectivity index (χ1n) is 8.52. The molecule has 4 heteroatoms. The summed E-state index contributed by atoms with van der Waals surface area (Å²) in [5.74, 6) is 0.616. The lowest BCUT2D eigenvalue weighted by molar-refractivity contribution is 0.491. The maximum absolute atomic E-state index is 13.3. The fourth-order valence-electron chi connectivity index (χ4n) is 3.36. The quantitative estimate of drug-likeness (QED) is 0.642. The third-order valence-electron chi connectivity index (χ3n) is 4.74. The number of benzene rings is 2. The van der Waals surface area contributed by atoms with E-state index in [0.29, 0.717) is 11.7 Å². The van der Waals surface area contributed by atoms with Gasteiger partial charge in [0.15, 0.2) is 5.82 Å². The number of halogens is 2. The number of nitrogens with zero attached hydrogens (tertiary/aromatic N) is 2. The van der Waals surface area contributed by atoms with Crippen molar-refractivity contribution in [1.29, 1.82) is 0 Å². The first-order valence-corrected chi connectivity index (χ1v) is 8.52. The number of fused-ring (bicyclic) bond motifs is 1. The number of aromatic nitrogens is 2. The zero-order valence-electron chi connectivity index (χ0n) is 14.0. The Labute approximate surface area is 145 Å². The second-order valence-electron chi connectivity index (χ2n) is 6.68. The Morgan fingerprint density at radius 1 is 0.840 bits per heavy atom. The molecule has 25 heavy (non-hydrogen) atoms. The van der Waals surface area contributed by atoms with Crippen LogP contribution >= 0.6 is 0 Å². The van der Waals surface area contributed by atoms with E-state index in [9.17, 15) is 8.78 Å². The van der Waals surface area contributed by atoms with Gasteiger partial charge in [-0.25, -0.2) is 18.7 Å². The zero-order valence-corrected chi connectivity index (χ0v) is 14.0. The van der Waals surface area contributed by atoms with Gasteiger partial charge in [0.1, 0.15) is 11.6 Å². The van der Waals surface area contributed by atoms with Gasteiger partial charge in [0.25, 0.3) is 0 Å². The third-order valence-corrected chi connectivity index (χ3v) is 4.74. The van der Waals surface area contributed by atoms with E-state index in [1.54, 1.807) is 24.3 Å². The van der Waals surface area contributed by atoms with E-state index in [2.05, 4.69) is 6.92 Å². The Balaban J connectivity index is 1.89. The lowest BCUT2D eigenvalue weighted by Crippen LogP contribution is -2.16. The van der Waals surface area contributed by atoms with E-state index in [1.807, 2.05) is 0 Å². The van der Waals surface area contributed by atoms with Crippen LogP contribution in [-0.4, -0.2) is 9.97 Å². The van der Waals surface area contributed by atoms with Gasteiger partial charge in [-0.3, -0.25) is 0 Å². The van der Waals surface area contributed by atoms with E-state index in [-0.39, 0.29) is 11.6 Å². The summed E-state index contributed by atoms with van der Waals surface area (Å²) in [6.45, 7) is 2.22. The van der Waals surface area contributed by atoms with Crippen molar-refractivity contribution < 1.29 is 8.78 Å². The number of hydrogen-bond acceptors (Lipinski definition) is 2. The lowest BCUT2D eigenvalue weighted by Gasteiger charge is -2.23. The van der Waals surface area contributed by atoms with Crippen LogP contribution in [0.15, 0.2) is 48.5 Å². The molecule has 1 heterocycles. The predicted octanol–water partition coefficient (Wildman–Crippen LogP) is 5.21. The summed E-state index contributed by atoms with van der Waals surface area (Å²) in [7, 11) is 0. The standard InChI is InChI=1S/C21H18F2N2/c1-13-2-11-18-19(12-13)24-21(15-5-9-17(23)10-6-15)25-20(18)14-3-7-16(22)8-4-14/h3-10,13H,2,11-12H2,1H3. The topological polar surface area (TPSA) is 25.8 Å². The summed E-state index contributed by atoms with van der Waals surface area (Å²) >= 11 is 0. The van der Waals surface area contributed by atoms with Crippen molar-refractivity contribution in [1.82, 2.24) is 9.97 Å². The summed E-state index contributed by atoms with van der Waals surface area (Å²) in [5, 5.41) is 0. The largest absolute Gasteiger partial charge is 0.233 e. The molecular formula is C21H18F2N2. The van der Waals surface area contributed by atoms with Crippen LogP contribution in [0.3, 0.4) is 0 Å². The van der Waals surface area contributed by atoms with Crippen molar-refractivity contribution in [3.05, 3.63) is 71.4 Å². The van der Waals surface area contributed by atoms with Crippen LogP contribution in [0.2, 0.25) is 0 Å². The molecule has 0 amide bonds. The minimum atomic E-state index is -0.283. The number of hydrogen-bond donors (Lipinski definition) is 0. The van der Waals surface area contributed by atoms with Crippen LogP contribution in [-0.2, 0) is 12.8 Å². The van der Waals surface area contributed by atoms with Crippen LogP contribution in [0.1, 0.15) is 24.6 Å². The second kappa shape index (κ2) is 6.36. The lowest BCUT2D eigenvalue weighted by atomic mass is 9.86. The van der Waals surface area contributed by atoms with Crippen molar-refractivity contribution in [3.8, 4) is 22.6 Å². The molecule has 1 aromatic heterocycles. The smallest absolute Gasteiger partial charge is 0.160 e. The molecule has 1 atom stereocenters. The van der Waals surface area contributed by atoms with E-state index in [4.69, 9.17) is 9.97 Å². The summed E-state index contributed by atoms with van der Waals surface area (Å²) in [6, 6.07) is 12.6. The van der Waals surface area contributed by atoms with Gasteiger partial charge in [0, 0.05) is 22.4 Å². The fourth-order valence-corrected chi connectivity index (χ4v) is 3.36. The average molecular weight is 336 g/mol. The molecule has 0 spiro atoms. The molecule has 2 nitrogen and oxygen atoms in total. The highest BCUT2D eigenvalue weighted by molar-refractivity contribution is 5.68. The highest BCUT2D eigenvalue weighted by atomic mass is 19.1. The maximum Gasteiger partial charge on any atom is 0.160 e. The van der Waals surface area contributed by atoms with Crippen LogP contribution in [0.4, 0.5) is 8.78 Å². The molecule has 0 N–H and O–H groups in total. The Kier molecular flexibility index (Phi) is 4.04. The maximum atomic E-state index is 13.3. The van der Waals surface area contributed by atoms with Gasteiger partial charge in [0.05, 0.1) is 5.69 Å². The third kappa shape index (κ3) is 3.16. The van der Waals surface area contributed by atoms with Crippen LogP contribution in [0.25, 0.3) is 22.6 Å². The van der Waals surface area contributed by atoms with Crippen molar-refractivity contribution in [3.63, 3.8) is 0 Å². The molecule has 126 valence electrons. The summed E-state index contributed by atoms with van der Waals surface area (Å²) in [5.41, 5.74) is 4.72. The molecule has 4 rings (SSSR count). The fraction of sp³-hybridized carbons (Fsp3) is 0.238. The molecule has 0 radical (unpaired) electrons. The van der Waals surface area contributed by atoms with Gasteiger partial charge in [-0.05, 0) is 73.7 Å². The molecule has 0 fully saturated rings. The van der Waals surface area contributed by atoms with Crippen LogP contribution < -0.4 is 0 Å². The van der Waals surface area contributed by atoms with Gasteiger partial charge < -0.3 is 0 Å². The molecule has 1 aliphatic carbocycles.